The maximum Gasteiger partial charge on any atom is 0.254 e. The van der Waals surface area contributed by atoms with E-state index in [0.717, 1.165) is 11.1 Å². The molecule has 35 heavy (non-hydrogen) atoms. The fraction of sp³-hybridized carbons (Fsp3) is 0.286. The van der Waals surface area contributed by atoms with Crippen molar-refractivity contribution < 1.29 is 18.4 Å². The van der Waals surface area contributed by atoms with Crippen LogP contribution in [0, 0.1) is 11.6 Å². The van der Waals surface area contributed by atoms with Crippen molar-refractivity contribution >= 4 is 11.8 Å². The number of piperazine rings is 1. The first kappa shape index (κ1) is 24.5. The van der Waals surface area contributed by atoms with Crippen molar-refractivity contribution in [2.45, 2.75) is 13.0 Å². The highest BCUT2D eigenvalue weighted by atomic mass is 19.1. The lowest BCUT2D eigenvalue weighted by molar-refractivity contribution is -0.131. The van der Waals surface area contributed by atoms with E-state index in [-0.39, 0.29) is 17.6 Å². The largest absolute Gasteiger partial charge is 0.337 e. The predicted molar refractivity (Wildman–Crippen MR) is 131 cm³/mol. The molecule has 0 unspecified atom stereocenters. The van der Waals surface area contributed by atoms with Gasteiger partial charge in [-0.2, -0.15) is 0 Å². The van der Waals surface area contributed by atoms with Crippen molar-refractivity contribution in [3.05, 3.63) is 107 Å². The van der Waals surface area contributed by atoms with Crippen LogP contribution in [-0.2, 0) is 17.8 Å². The molecule has 0 aromatic heterocycles. The maximum atomic E-state index is 13.5. The highest BCUT2D eigenvalue weighted by Gasteiger charge is 2.23. The number of carbonyl (C=O) groups excluding carboxylic acids is 2. The number of halogens is 2. The predicted octanol–water partition coefficient (Wildman–Crippen LogP) is 3.99. The van der Waals surface area contributed by atoms with E-state index in [1.807, 2.05) is 35.2 Å². The Hall–Kier alpha value is -3.58. The van der Waals surface area contributed by atoms with Gasteiger partial charge in [0.05, 0.1) is 6.42 Å². The summed E-state index contributed by atoms with van der Waals surface area (Å²) in [7, 11) is 0. The molecule has 5 nitrogen and oxygen atoms in total. The van der Waals surface area contributed by atoms with Crippen LogP contribution in [0.4, 0.5) is 8.78 Å². The normalized spacial score (nSPS) is 14.1. The molecule has 2 amide bonds. The molecule has 1 saturated heterocycles. The lowest BCUT2D eigenvalue weighted by atomic mass is 10.1. The zero-order valence-corrected chi connectivity index (χ0v) is 19.6. The van der Waals surface area contributed by atoms with Crippen LogP contribution in [-0.4, -0.2) is 65.8 Å². The summed E-state index contributed by atoms with van der Waals surface area (Å²) in [4.78, 5) is 31.6. The Balaban J connectivity index is 1.34. The highest BCUT2D eigenvalue weighted by molar-refractivity contribution is 5.94. The number of carbonyl (C=O) groups is 2. The Kier molecular flexibility index (Phi) is 8.21. The zero-order chi connectivity index (χ0) is 24.6. The summed E-state index contributed by atoms with van der Waals surface area (Å²) < 4.78 is 26.8. The van der Waals surface area contributed by atoms with Crippen molar-refractivity contribution in [2.75, 3.05) is 39.3 Å². The van der Waals surface area contributed by atoms with Crippen LogP contribution >= 0.6 is 0 Å². The van der Waals surface area contributed by atoms with E-state index < -0.39 is 5.82 Å². The molecule has 182 valence electrons. The minimum absolute atomic E-state index is 0.0143. The molecule has 0 spiro atoms. The molecule has 1 fully saturated rings. The van der Waals surface area contributed by atoms with Crippen molar-refractivity contribution in [1.82, 2.24) is 14.7 Å². The minimum Gasteiger partial charge on any atom is -0.337 e. The van der Waals surface area contributed by atoms with Crippen LogP contribution in [0.3, 0.4) is 0 Å². The average Bonchev–Trinajstić information content (AvgIpc) is 2.88. The summed E-state index contributed by atoms with van der Waals surface area (Å²) in [5.41, 5.74) is 2.18. The summed E-state index contributed by atoms with van der Waals surface area (Å²) in [6.45, 7) is 4.06. The van der Waals surface area contributed by atoms with Crippen molar-refractivity contribution in [3.8, 4) is 0 Å². The van der Waals surface area contributed by atoms with Gasteiger partial charge >= 0.3 is 0 Å². The molecule has 0 radical (unpaired) electrons. The topological polar surface area (TPSA) is 43.9 Å². The first-order chi connectivity index (χ1) is 17.0. The van der Waals surface area contributed by atoms with Crippen molar-refractivity contribution in [2.24, 2.45) is 0 Å². The second-order valence-corrected chi connectivity index (χ2v) is 8.75. The van der Waals surface area contributed by atoms with Gasteiger partial charge in [-0.1, -0.05) is 48.5 Å². The number of rotatable bonds is 8. The molecule has 0 atom stereocenters. The van der Waals surface area contributed by atoms with Crippen molar-refractivity contribution in [3.63, 3.8) is 0 Å². The number of hydrogen-bond donors (Lipinski definition) is 0. The van der Waals surface area contributed by atoms with E-state index in [1.54, 1.807) is 29.2 Å². The molecule has 4 rings (SSSR count). The Morgan fingerprint density at radius 1 is 0.771 bits per heavy atom. The van der Waals surface area contributed by atoms with E-state index in [0.29, 0.717) is 57.8 Å². The summed E-state index contributed by atoms with van der Waals surface area (Å²) >= 11 is 0. The molecule has 1 heterocycles. The fourth-order valence-corrected chi connectivity index (χ4v) is 4.23. The smallest absolute Gasteiger partial charge is 0.254 e. The molecule has 0 N–H and O–H groups in total. The molecule has 0 aliphatic carbocycles. The number of benzene rings is 3. The molecular formula is C28H29F2N3O2. The van der Waals surface area contributed by atoms with Crippen LogP contribution in [0.15, 0.2) is 78.9 Å². The standard InChI is InChI=1S/C28H29F2N3O2/c29-25-11-9-23(10-12-25)21-33(27(34)19-22-5-2-1-3-6-22)18-15-31-13-16-32(17-14-31)28(35)24-7-4-8-26(30)20-24/h1-12,20H,13-19,21H2. The van der Waals surface area contributed by atoms with Gasteiger partial charge in [-0.05, 0) is 41.5 Å². The number of amides is 2. The molecule has 3 aromatic rings. The summed E-state index contributed by atoms with van der Waals surface area (Å²) in [6.07, 6.45) is 0.304. The Morgan fingerprint density at radius 2 is 1.49 bits per heavy atom. The van der Waals surface area contributed by atoms with E-state index in [1.165, 1.54) is 24.3 Å². The third-order valence-electron chi connectivity index (χ3n) is 6.25. The molecule has 1 aliphatic heterocycles. The van der Waals surface area contributed by atoms with Crippen LogP contribution in [0.2, 0.25) is 0 Å². The van der Waals surface area contributed by atoms with E-state index in [2.05, 4.69) is 4.90 Å². The van der Waals surface area contributed by atoms with E-state index >= 15 is 0 Å². The van der Waals surface area contributed by atoms with Gasteiger partial charge in [0.1, 0.15) is 11.6 Å². The van der Waals surface area contributed by atoms with Crippen LogP contribution in [0.1, 0.15) is 21.5 Å². The lowest BCUT2D eigenvalue weighted by Crippen LogP contribution is -2.50. The maximum absolute atomic E-state index is 13.5. The highest BCUT2D eigenvalue weighted by Crippen LogP contribution is 2.13. The van der Waals surface area contributed by atoms with Gasteiger partial charge in [0.25, 0.3) is 5.91 Å². The number of hydrogen-bond acceptors (Lipinski definition) is 3. The second kappa shape index (κ2) is 11.7. The van der Waals surface area contributed by atoms with Gasteiger partial charge in [-0.25, -0.2) is 8.78 Å². The molecule has 7 heteroatoms. The Bertz CT molecular complexity index is 1130. The fourth-order valence-electron chi connectivity index (χ4n) is 4.23. The number of nitrogens with zero attached hydrogens (tertiary/aromatic N) is 3. The van der Waals surface area contributed by atoms with E-state index in [9.17, 15) is 18.4 Å². The third-order valence-corrected chi connectivity index (χ3v) is 6.25. The third kappa shape index (κ3) is 6.96. The molecule has 1 aliphatic rings. The molecular weight excluding hydrogens is 448 g/mol. The lowest BCUT2D eigenvalue weighted by Gasteiger charge is -2.36. The van der Waals surface area contributed by atoms with E-state index in [4.69, 9.17) is 0 Å². The summed E-state index contributed by atoms with van der Waals surface area (Å²) in [6, 6.07) is 21.6. The summed E-state index contributed by atoms with van der Waals surface area (Å²) in [5.74, 6) is -0.877. The van der Waals surface area contributed by atoms with Gasteiger partial charge in [-0.15, -0.1) is 0 Å². The average molecular weight is 478 g/mol. The SMILES string of the molecule is O=C(Cc1ccccc1)N(CCN1CCN(C(=O)c2cccc(F)c2)CC1)Cc1ccc(F)cc1. The first-order valence-corrected chi connectivity index (χ1v) is 11.8. The first-order valence-electron chi connectivity index (χ1n) is 11.8. The zero-order valence-electron chi connectivity index (χ0n) is 19.6. The molecule has 0 bridgehead atoms. The van der Waals surface area contributed by atoms with Gasteiger partial charge in [0.2, 0.25) is 5.91 Å². The second-order valence-electron chi connectivity index (χ2n) is 8.75. The van der Waals surface area contributed by atoms with Gasteiger partial charge in [0, 0.05) is 51.4 Å². The van der Waals surface area contributed by atoms with Crippen LogP contribution < -0.4 is 0 Å². The molecule has 3 aromatic carbocycles. The van der Waals surface area contributed by atoms with Gasteiger partial charge in [0.15, 0.2) is 0 Å². The summed E-state index contributed by atoms with van der Waals surface area (Å²) in [5, 5.41) is 0. The Morgan fingerprint density at radius 3 is 2.17 bits per heavy atom. The minimum atomic E-state index is -0.420. The van der Waals surface area contributed by atoms with Crippen LogP contribution in [0.5, 0.6) is 0 Å². The quantitative estimate of drug-likeness (QED) is 0.493. The van der Waals surface area contributed by atoms with Gasteiger partial charge < -0.3 is 9.80 Å². The van der Waals surface area contributed by atoms with Gasteiger partial charge in [-0.3, -0.25) is 14.5 Å². The monoisotopic (exact) mass is 477 g/mol. The van der Waals surface area contributed by atoms with Crippen molar-refractivity contribution in [1.29, 1.82) is 0 Å². The Labute approximate surface area is 204 Å². The molecule has 0 saturated carbocycles. The van der Waals surface area contributed by atoms with Crippen LogP contribution in [0.25, 0.3) is 0 Å².